The Bertz CT molecular complexity index is 684. The molecule has 2 heteroatoms. The maximum Gasteiger partial charge on any atom is 0.193 e. The van der Waals surface area contributed by atoms with Gasteiger partial charge >= 0.3 is 0 Å². The minimum absolute atomic E-state index is 0.0978. The third kappa shape index (κ3) is 5.17. The molecular formula is C22H26O2. The summed E-state index contributed by atoms with van der Waals surface area (Å²) in [6.45, 7) is 9.01. The van der Waals surface area contributed by atoms with Crippen LogP contribution < -0.4 is 0 Å². The van der Waals surface area contributed by atoms with Crippen LogP contribution in [-0.2, 0) is 11.2 Å². The van der Waals surface area contributed by atoms with E-state index in [1.165, 1.54) is 5.56 Å². The lowest BCUT2D eigenvalue weighted by Gasteiger charge is -2.08. The summed E-state index contributed by atoms with van der Waals surface area (Å²) in [6, 6.07) is 14.0. The van der Waals surface area contributed by atoms with E-state index in [2.05, 4.69) is 18.7 Å². The number of benzene rings is 2. The number of aryl methyl sites for hydroxylation is 3. The van der Waals surface area contributed by atoms with Gasteiger partial charge in [-0.2, -0.15) is 0 Å². The number of unbranched alkanes of at least 4 members (excludes halogenated alkanes) is 1. The second-order valence-corrected chi connectivity index (χ2v) is 6.17. The Labute approximate surface area is 145 Å². The Morgan fingerprint density at radius 1 is 1.08 bits per heavy atom. The largest absolute Gasteiger partial charge is 0.377 e. The zero-order valence-electron chi connectivity index (χ0n) is 14.7. The van der Waals surface area contributed by atoms with Crippen molar-refractivity contribution in [1.82, 2.24) is 0 Å². The molecule has 126 valence electrons. The number of hydrogen-bond donors (Lipinski definition) is 0. The summed E-state index contributed by atoms with van der Waals surface area (Å²) in [5.74, 6) is 0.0978. The van der Waals surface area contributed by atoms with E-state index in [4.69, 9.17) is 4.74 Å². The fourth-order valence-electron chi connectivity index (χ4n) is 2.66. The topological polar surface area (TPSA) is 26.3 Å². The highest BCUT2D eigenvalue weighted by molar-refractivity contribution is 6.10. The molecule has 2 rings (SSSR count). The Morgan fingerprint density at radius 2 is 1.83 bits per heavy atom. The molecule has 2 nitrogen and oxygen atoms in total. The zero-order chi connectivity index (χ0) is 17.4. The van der Waals surface area contributed by atoms with E-state index < -0.39 is 0 Å². The number of rotatable bonds is 9. The number of carbonyl (C=O) groups excluding carboxylic acids is 1. The molecule has 0 saturated carbocycles. The quantitative estimate of drug-likeness (QED) is 0.366. The first-order valence-electron chi connectivity index (χ1n) is 8.51. The predicted molar refractivity (Wildman–Crippen MR) is 99.7 cm³/mol. The Balaban J connectivity index is 1.92. The van der Waals surface area contributed by atoms with Crippen molar-refractivity contribution in [1.29, 1.82) is 0 Å². The van der Waals surface area contributed by atoms with Gasteiger partial charge in [-0.15, -0.1) is 6.58 Å². The van der Waals surface area contributed by atoms with Crippen LogP contribution >= 0.6 is 0 Å². The second kappa shape index (κ2) is 9.19. The third-order valence-electron chi connectivity index (χ3n) is 4.09. The average Bonchev–Trinajstić information content (AvgIpc) is 2.60. The third-order valence-corrected chi connectivity index (χ3v) is 4.09. The first-order valence-corrected chi connectivity index (χ1v) is 8.51. The summed E-state index contributed by atoms with van der Waals surface area (Å²) >= 11 is 0. The van der Waals surface area contributed by atoms with Crippen LogP contribution in [-0.4, -0.2) is 19.0 Å². The zero-order valence-corrected chi connectivity index (χ0v) is 14.7. The van der Waals surface area contributed by atoms with Crippen LogP contribution in [0, 0.1) is 13.8 Å². The van der Waals surface area contributed by atoms with E-state index in [1.807, 2.05) is 44.2 Å². The van der Waals surface area contributed by atoms with Crippen molar-refractivity contribution in [3.8, 4) is 0 Å². The number of carbonyl (C=O) groups is 1. The minimum Gasteiger partial charge on any atom is -0.377 e. The molecule has 0 unspecified atom stereocenters. The molecule has 0 fully saturated rings. The van der Waals surface area contributed by atoms with E-state index >= 15 is 0 Å². The van der Waals surface area contributed by atoms with E-state index in [-0.39, 0.29) is 5.78 Å². The van der Waals surface area contributed by atoms with E-state index in [1.54, 1.807) is 6.08 Å². The first kappa shape index (κ1) is 18.2. The maximum absolute atomic E-state index is 12.7. The highest BCUT2D eigenvalue weighted by Crippen LogP contribution is 2.17. The summed E-state index contributed by atoms with van der Waals surface area (Å²) in [7, 11) is 0. The lowest BCUT2D eigenvalue weighted by Crippen LogP contribution is -2.04. The van der Waals surface area contributed by atoms with Gasteiger partial charge in [-0.1, -0.05) is 48.0 Å². The standard InChI is InChI=1S/C22H26O2/c1-4-14-24-15-6-5-7-19-10-12-20(13-11-19)22(23)21-16-17(2)8-9-18(21)3/h4,8-13,16H,1,5-7,14-15H2,2-3H3. The summed E-state index contributed by atoms with van der Waals surface area (Å²) in [5, 5.41) is 0. The van der Waals surface area contributed by atoms with Crippen molar-refractivity contribution in [2.24, 2.45) is 0 Å². The Morgan fingerprint density at radius 3 is 2.54 bits per heavy atom. The van der Waals surface area contributed by atoms with Crippen LogP contribution in [0.3, 0.4) is 0 Å². The molecule has 0 saturated heterocycles. The smallest absolute Gasteiger partial charge is 0.193 e. The highest BCUT2D eigenvalue weighted by atomic mass is 16.5. The van der Waals surface area contributed by atoms with Gasteiger partial charge in [-0.05, 0) is 50.3 Å². The van der Waals surface area contributed by atoms with Gasteiger partial charge in [0.15, 0.2) is 5.78 Å². The van der Waals surface area contributed by atoms with Crippen molar-refractivity contribution >= 4 is 5.78 Å². The fraction of sp³-hybridized carbons (Fsp3) is 0.318. The molecule has 0 aliphatic carbocycles. The Kier molecular flexibility index (Phi) is 6.95. The summed E-state index contributed by atoms with van der Waals surface area (Å²) in [5.41, 5.74) is 4.94. The van der Waals surface area contributed by atoms with E-state index in [0.29, 0.717) is 6.61 Å². The second-order valence-electron chi connectivity index (χ2n) is 6.17. The van der Waals surface area contributed by atoms with E-state index in [0.717, 1.165) is 48.1 Å². The lowest BCUT2D eigenvalue weighted by atomic mass is 9.96. The molecule has 0 atom stereocenters. The van der Waals surface area contributed by atoms with Crippen molar-refractivity contribution in [3.63, 3.8) is 0 Å². The molecule has 0 radical (unpaired) electrons. The van der Waals surface area contributed by atoms with Gasteiger partial charge in [-0.3, -0.25) is 4.79 Å². The maximum atomic E-state index is 12.7. The monoisotopic (exact) mass is 322 g/mol. The van der Waals surface area contributed by atoms with Gasteiger partial charge in [0.05, 0.1) is 6.61 Å². The van der Waals surface area contributed by atoms with Gasteiger partial charge in [-0.25, -0.2) is 0 Å². The van der Waals surface area contributed by atoms with Gasteiger partial charge in [0.2, 0.25) is 0 Å². The van der Waals surface area contributed by atoms with E-state index in [9.17, 15) is 4.79 Å². The SMILES string of the molecule is C=CCOCCCCc1ccc(C(=O)c2cc(C)ccc2C)cc1. The molecule has 2 aromatic carbocycles. The predicted octanol–water partition coefficient (Wildman–Crippen LogP) is 5.06. The van der Waals surface area contributed by atoms with Crippen molar-refractivity contribution in [3.05, 3.63) is 82.9 Å². The number of ether oxygens (including phenoxy) is 1. The molecule has 0 spiro atoms. The fourth-order valence-corrected chi connectivity index (χ4v) is 2.66. The van der Waals surface area contributed by atoms with Crippen LogP contribution in [0.25, 0.3) is 0 Å². The number of ketones is 1. The number of hydrogen-bond acceptors (Lipinski definition) is 2. The van der Waals surface area contributed by atoms with Crippen molar-refractivity contribution in [2.75, 3.05) is 13.2 Å². The minimum atomic E-state index is 0.0978. The normalized spacial score (nSPS) is 10.6. The molecule has 0 bridgehead atoms. The molecule has 0 amide bonds. The highest BCUT2D eigenvalue weighted by Gasteiger charge is 2.11. The van der Waals surface area contributed by atoms with Crippen molar-refractivity contribution < 1.29 is 9.53 Å². The van der Waals surface area contributed by atoms with Crippen LogP contribution in [0.15, 0.2) is 55.1 Å². The van der Waals surface area contributed by atoms with Crippen LogP contribution in [0.4, 0.5) is 0 Å². The molecule has 0 aliphatic heterocycles. The molecule has 0 heterocycles. The molecule has 0 N–H and O–H groups in total. The van der Waals surface area contributed by atoms with Gasteiger partial charge < -0.3 is 4.74 Å². The summed E-state index contributed by atoms with van der Waals surface area (Å²) in [4.78, 5) is 12.7. The lowest BCUT2D eigenvalue weighted by molar-refractivity contribution is 0.103. The summed E-state index contributed by atoms with van der Waals surface area (Å²) < 4.78 is 5.38. The van der Waals surface area contributed by atoms with Crippen LogP contribution in [0.1, 0.15) is 45.5 Å². The van der Waals surface area contributed by atoms with Crippen LogP contribution in [0.2, 0.25) is 0 Å². The average molecular weight is 322 g/mol. The van der Waals surface area contributed by atoms with Gasteiger partial charge in [0.1, 0.15) is 0 Å². The Hall–Kier alpha value is -2.19. The molecular weight excluding hydrogens is 296 g/mol. The summed E-state index contributed by atoms with van der Waals surface area (Å²) in [6.07, 6.45) is 4.90. The molecule has 2 aromatic rings. The first-order chi connectivity index (χ1) is 11.6. The molecule has 24 heavy (non-hydrogen) atoms. The molecule has 0 aromatic heterocycles. The van der Waals surface area contributed by atoms with Crippen molar-refractivity contribution in [2.45, 2.75) is 33.1 Å². The van der Waals surface area contributed by atoms with Gasteiger partial charge in [0, 0.05) is 17.7 Å². The van der Waals surface area contributed by atoms with Gasteiger partial charge in [0.25, 0.3) is 0 Å². The van der Waals surface area contributed by atoms with Crippen LogP contribution in [0.5, 0.6) is 0 Å². The molecule has 0 aliphatic rings.